The highest BCUT2D eigenvalue weighted by atomic mass is 16.2. The Balaban J connectivity index is 1.62. The molecule has 0 aliphatic carbocycles. The van der Waals surface area contributed by atoms with Crippen LogP contribution in [-0.2, 0) is 20.0 Å². The molecule has 2 heterocycles. The van der Waals surface area contributed by atoms with Crippen LogP contribution in [0.3, 0.4) is 0 Å². The maximum Gasteiger partial charge on any atom is 0.276 e. The van der Waals surface area contributed by atoms with Crippen LogP contribution >= 0.6 is 0 Å². The van der Waals surface area contributed by atoms with Crippen LogP contribution in [0.2, 0.25) is 0 Å². The fourth-order valence-electron chi connectivity index (χ4n) is 3.29. The molecule has 0 saturated carbocycles. The maximum absolute atomic E-state index is 12.8. The molecule has 2 aromatic carbocycles. The second kappa shape index (κ2) is 6.16. The van der Waals surface area contributed by atoms with Gasteiger partial charge in [0.05, 0.1) is 5.69 Å². The third-order valence-corrected chi connectivity index (χ3v) is 4.92. The van der Waals surface area contributed by atoms with E-state index in [0.29, 0.717) is 18.8 Å². The standard InChI is InChI=1S/C20H20N4O/c1-14-19(21-22-23(14)2)20(25)24-11-10-16-8-9-17(12-18(16)13-24)15-6-4-3-5-7-15/h3-9,12H,10-11,13H2,1-2H3. The van der Waals surface area contributed by atoms with E-state index in [-0.39, 0.29) is 5.91 Å². The normalized spacial score (nSPS) is 13.6. The van der Waals surface area contributed by atoms with Gasteiger partial charge in [-0.1, -0.05) is 47.7 Å². The van der Waals surface area contributed by atoms with Crippen LogP contribution in [0.4, 0.5) is 0 Å². The highest BCUT2D eigenvalue weighted by Crippen LogP contribution is 2.27. The molecule has 1 amide bonds. The Morgan fingerprint density at radius 3 is 2.56 bits per heavy atom. The zero-order valence-corrected chi connectivity index (χ0v) is 14.4. The summed E-state index contributed by atoms with van der Waals surface area (Å²) in [7, 11) is 1.80. The number of carbonyl (C=O) groups is 1. The number of amides is 1. The van der Waals surface area contributed by atoms with Crippen LogP contribution in [0, 0.1) is 6.92 Å². The van der Waals surface area contributed by atoms with Gasteiger partial charge in [0.2, 0.25) is 0 Å². The second-order valence-electron chi connectivity index (χ2n) is 6.47. The SMILES string of the molecule is Cc1c(C(=O)N2CCc3ccc(-c4ccccc4)cc3C2)nnn1C. The van der Waals surface area contributed by atoms with Gasteiger partial charge in [0.15, 0.2) is 5.69 Å². The number of fused-ring (bicyclic) bond motifs is 1. The van der Waals surface area contributed by atoms with E-state index in [2.05, 4.69) is 40.6 Å². The van der Waals surface area contributed by atoms with Crippen molar-refractivity contribution in [3.63, 3.8) is 0 Å². The zero-order valence-electron chi connectivity index (χ0n) is 14.4. The molecular formula is C20H20N4O. The molecule has 1 aromatic heterocycles. The fourth-order valence-corrected chi connectivity index (χ4v) is 3.29. The molecule has 0 bridgehead atoms. The molecule has 0 fully saturated rings. The molecule has 25 heavy (non-hydrogen) atoms. The van der Waals surface area contributed by atoms with Crippen molar-refractivity contribution in [3.8, 4) is 11.1 Å². The molecular weight excluding hydrogens is 312 g/mol. The van der Waals surface area contributed by atoms with E-state index in [1.54, 1.807) is 11.7 Å². The third-order valence-electron chi connectivity index (χ3n) is 4.92. The summed E-state index contributed by atoms with van der Waals surface area (Å²) in [5, 5.41) is 7.98. The van der Waals surface area contributed by atoms with Crippen molar-refractivity contribution >= 4 is 5.91 Å². The predicted octanol–water partition coefficient (Wildman–Crippen LogP) is 2.99. The van der Waals surface area contributed by atoms with E-state index in [0.717, 1.165) is 12.1 Å². The largest absolute Gasteiger partial charge is 0.333 e. The fraction of sp³-hybridized carbons (Fsp3) is 0.250. The van der Waals surface area contributed by atoms with Crippen LogP contribution in [0.1, 0.15) is 27.3 Å². The molecule has 0 saturated heterocycles. The zero-order chi connectivity index (χ0) is 17.4. The van der Waals surface area contributed by atoms with Gasteiger partial charge >= 0.3 is 0 Å². The summed E-state index contributed by atoms with van der Waals surface area (Å²) in [5.41, 5.74) is 6.16. The van der Waals surface area contributed by atoms with Gasteiger partial charge in [-0.15, -0.1) is 5.10 Å². The Morgan fingerprint density at radius 2 is 1.84 bits per heavy atom. The Hall–Kier alpha value is -2.95. The van der Waals surface area contributed by atoms with Gasteiger partial charge in [-0.3, -0.25) is 9.48 Å². The molecule has 1 aliphatic rings. The maximum atomic E-state index is 12.8. The van der Waals surface area contributed by atoms with Crippen LogP contribution < -0.4 is 0 Å². The average molecular weight is 332 g/mol. The summed E-state index contributed by atoms with van der Waals surface area (Å²) in [4.78, 5) is 14.7. The second-order valence-corrected chi connectivity index (χ2v) is 6.47. The summed E-state index contributed by atoms with van der Waals surface area (Å²) in [6, 6.07) is 16.9. The van der Waals surface area contributed by atoms with Gasteiger partial charge < -0.3 is 4.90 Å². The summed E-state index contributed by atoms with van der Waals surface area (Å²) < 4.78 is 1.64. The number of aromatic nitrogens is 3. The highest BCUT2D eigenvalue weighted by Gasteiger charge is 2.25. The Bertz CT molecular complexity index is 930. The van der Waals surface area contributed by atoms with Crippen LogP contribution in [-0.4, -0.2) is 32.3 Å². The van der Waals surface area contributed by atoms with E-state index in [4.69, 9.17) is 0 Å². The quantitative estimate of drug-likeness (QED) is 0.725. The minimum atomic E-state index is -0.0404. The van der Waals surface area contributed by atoms with Crippen molar-refractivity contribution in [1.29, 1.82) is 0 Å². The lowest BCUT2D eigenvalue weighted by Gasteiger charge is -2.29. The van der Waals surface area contributed by atoms with Gasteiger partial charge in [0, 0.05) is 20.1 Å². The molecule has 3 aromatic rings. The number of rotatable bonds is 2. The number of aryl methyl sites for hydroxylation is 1. The number of nitrogens with zero attached hydrogens (tertiary/aromatic N) is 4. The molecule has 0 unspecified atom stereocenters. The van der Waals surface area contributed by atoms with E-state index in [9.17, 15) is 4.79 Å². The van der Waals surface area contributed by atoms with Crippen molar-refractivity contribution < 1.29 is 4.79 Å². The summed E-state index contributed by atoms with van der Waals surface area (Å²) >= 11 is 0. The van der Waals surface area contributed by atoms with Gasteiger partial charge in [0.1, 0.15) is 0 Å². The molecule has 126 valence electrons. The summed E-state index contributed by atoms with van der Waals surface area (Å²) in [6.07, 6.45) is 0.870. The van der Waals surface area contributed by atoms with Crippen molar-refractivity contribution in [2.24, 2.45) is 7.05 Å². The lowest BCUT2D eigenvalue weighted by molar-refractivity contribution is 0.0728. The first kappa shape index (κ1) is 15.6. The first-order valence-corrected chi connectivity index (χ1v) is 8.46. The minimum absolute atomic E-state index is 0.0404. The predicted molar refractivity (Wildman–Crippen MR) is 96.1 cm³/mol. The topological polar surface area (TPSA) is 51.0 Å². The monoisotopic (exact) mass is 332 g/mol. The molecule has 5 nitrogen and oxygen atoms in total. The highest BCUT2D eigenvalue weighted by molar-refractivity contribution is 5.93. The smallest absolute Gasteiger partial charge is 0.276 e. The molecule has 0 radical (unpaired) electrons. The number of carbonyl (C=O) groups excluding carboxylic acids is 1. The molecule has 0 atom stereocenters. The van der Waals surface area contributed by atoms with Crippen molar-refractivity contribution in [2.45, 2.75) is 19.9 Å². The van der Waals surface area contributed by atoms with E-state index in [1.165, 1.54) is 22.3 Å². The molecule has 0 N–H and O–H groups in total. The van der Waals surface area contributed by atoms with Crippen molar-refractivity contribution in [1.82, 2.24) is 19.9 Å². The summed E-state index contributed by atoms with van der Waals surface area (Å²) in [5.74, 6) is -0.0404. The van der Waals surface area contributed by atoms with E-state index >= 15 is 0 Å². The van der Waals surface area contributed by atoms with E-state index in [1.807, 2.05) is 30.0 Å². The lowest BCUT2D eigenvalue weighted by Crippen LogP contribution is -2.36. The van der Waals surface area contributed by atoms with Gasteiger partial charge in [-0.2, -0.15) is 0 Å². The molecule has 5 heteroatoms. The Kier molecular flexibility index (Phi) is 3.84. The van der Waals surface area contributed by atoms with Gasteiger partial charge in [-0.25, -0.2) is 0 Å². The van der Waals surface area contributed by atoms with Crippen LogP contribution in [0.5, 0.6) is 0 Å². The average Bonchev–Trinajstić information content (AvgIpc) is 3.00. The third kappa shape index (κ3) is 2.82. The van der Waals surface area contributed by atoms with Crippen LogP contribution in [0.15, 0.2) is 48.5 Å². The first-order valence-electron chi connectivity index (χ1n) is 8.46. The minimum Gasteiger partial charge on any atom is -0.333 e. The van der Waals surface area contributed by atoms with Gasteiger partial charge in [-0.05, 0) is 41.7 Å². The lowest BCUT2D eigenvalue weighted by atomic mass is 9.94. The number of hydrogen-bond acceptors (Lipinski definition) is 3. The molecule has 4 rings (SSSR count). The van der Waals surface area contributed by atoms with Crippen molar-refractivity contribution in [3.05, 3.63) is 71.0 Å². The Labute approximate surface area is 146 Å². The Morgan fingerprint density at radius 1 is 1.04 bits per heavy atom. The summed E-state index contributed by atoms with van der Waals surface area (Å²) in [6.45, 7) is 3.20. The van der Waals surface area contributed by atoms with Crippen molar-refractivity contribution in [2.75, 3.05) is 6.54 Å². The number of benzene rings is 2. The molecule has 1 aliphatic heterocycles. The van der Waals surface area contributed by atoms with Crippen LogP contribution in [0.25, 0.3) is 11.1 Å². The van der Waals surface area contributed by atoms with Gasteiger partial charge in [0.25, 0.3) is 5.91 Å². The molecule has 0 spiro atoms. The number of hydrogen-bond donors (Lipinski definition) is 0. The first-order chi connectivity index (χ1) is 12.1. The van der Waals surface area contributed by atoms with E-state index < -0.39 is 0 Å².